The molecule has 0 saturated heterocycles. The Morgan fingerprint density at radius 2 is 1.87 bits per heavy atom. The number of benzene rings is 1. The molecule has 0 radical (unpaired) electrons. The Hall–Kier alpha value is -1.49. The van der Waals surface area contributed by atoms with E-state index < -0.39 is 30.4 Å². The van der Waals surface area contributed by atoms with Gasteiger partial charge in [-0.1, -0.05) is 0 Å². The molecule has 0 saturated carbocycles. The first-order valence-corrected chi connectivity index (χ1v) is 7.41. The van der Waals surface area contributed by atoms with Crippen molar-refractivity contribution in [1.82, 2.24) is 0 Å². The molecule has 23 heavy (non-hydrogen) atoms. The Labute approximate surface area is 144 Å². The van der Waals surface area contributed by atoms with Gasteiger partial charge in [-0.05, 0) is 61.6 Å². The van der Waals surface area contributed by atoms with Gasteiger partial charge >= 0.3 is 12.3 Å². The lowest BCUT2D eigenvalue weighted by molar-refractivity contribution is -0.364. The van der Waals surface area contributed by atoms with Crippen LogP contribution in [-0.2, 0) is 20.9 Å². The summed E-state index contributed by atoms with van der Waals surface area (Å²) < 4.78 is 40.4. The third-order valence-corrected chi connectivity index (χ3v) is 2.92. The zero-order valence-electron chi connectivity index (χ0n) is 12.5. The lowest BCUT2D eigenvalue weighted by Crippen LogP contribution is -2.43. The molecule has 0 aliphatic carbocycles. The molecular weight excluding hydrogens is 429 g/mol. The molecule has 1 rings (SSSR count). The second kappa shape index (κ2) is 7.39. The van der Waals surface area contributed by atoms with Crippen molar-refractivity contribution in [2.24, 2.45) is 0 Å². The van der Waals surface area contributed by atoms with Crippen molar-refractivity contribution in [3.8, 4) is 5.75 Å². The van der Waals surface area contributed by atoms with Gasteiger partial charge in [-0.25, -0.2) is 4.79 Å². The first kappa shape index (κ1) is 19.6. The fourth-order valence-corrected chi connectivity index (χ4v) is 1.90. The van der Waals surface area contributed by atoms with Crippen molar-refractivity contribution < 1.29 is 37.7 Å². The number of alkyl halides is 2. The summed E-state index contributed by atoms with van der Waals surface area (Å²) in [6.07, 6.45) is -5.48. The van der Waals surface area contributed by atoms with Gasteiger partial charge in [-0.2, -0.15) is 8.78 Å². The summed E-state index contributed by atoms with van der Waals surface area (Å²) in [5, 5.41) is 10.2. The van der Waals surface area contributed by atoms with E-state index in [4.69, 9.17) is 9.47 Å². The van der Waals surface area contributed by atoms with Gasteiger partial charge in [0.15, 0.2) is 0 Å². The van der Waals surface area contributed by atoms with E-state index in [1.807, 2.05) is 22.6 Å². The number of hydrogen-bond donors (Lipinski definition) is 0. The van der Waals surface area contributed by atoms with Gasteiger partial charge in [-0.15, -0.1) is 0 Å². The number of carboxylic acids is 1. The van der Waals surface area contributed by atoms with Gasteiger partial charge < -0.3 is 24.1 Å². The zero-order valence-corrected chi connectivity index (χ0v) is 14.7. The second-order valence-corrected chi connectivity index (χ2v) is 6.66. The monoisotopic (exact) mass is 443 g/mol. The first-order valence-electron chi connectivity index (χ1n) is 6.33. The van der Waals surface area contributed by atoms with E-state index in [2.05, 4.69) is 4.74 Å². The highest BCUT2D eigenvalue weighted by Gasteiger charge is 2.32. The van der Waals surface area contributed by atoms with Crippen LogP contribution in [0.5, 0.6) is 5.75 Å². The fourth-order valence-electron chi connectivity index (χ4n) is 1.35. The lowest BCUT2D eigenvalue weighted by Gasteiger charge is -2.20. The average Bonchev–Trinajstić information content (AvgIpc) is 2.36. The van der Waals surface area contributed by atoms with Gasteiger partial charge in [0.25, 0.3) is 0 Å². The Bertz CT molecular complexity index is 597. The van der Waals surface area contributed by atoms with E-state index >= 15 is 0 Å². The molecule has 0 spiro atoms. The van der Waals surface area contributed by atoms with Crippen LogP contribution in [0, 0.1) is 3.57 Å². The molecule has 1 aromatic rings. The average molecular weight is 443 g/mol. The molecule has 0 N–H and O–H groups in total. The van der Waals surface area contributed by atoms with Gasteiger partial charge in [0.1, 0.15) is 17.3 Å². The Kier molecular flexibility index (Phi) is 6.28. The van der Waals surface area contributed by atoms with Crippen LogP contribution >= 0.6 is 22.6 Å². The van der Waals surface area contributed by atoms with Crippen molar-refractivity contribution in [2.75, 3.05) is 0 Å². The van der Waals surface area contributed by atoms with E-state index in [-0.39, 0.29) is 11.3 Å². The normalized spacial score (nSPS) is 11.9. The van der Waals surface area contributed by atoms with Crippen LogP contribution in [-0.4, -0.2) is 23.8 Å². The highest BCUT2D eigenvalue weighted by Crippen LogP contribution is 2.26. The molecule has 0 aliphatic heterocycles. The molecule has 128 valence electrons. The molecule has 0 unspecified atom stereocenters. The van der Waals surface area contributed by atoms with Gasteiger partial charge in [0, 0.05) is 9.13 Å². The van der Waals surface area contributed by atoms with Gasteiger partial charge in [0.05, 0.1) is 6.61 Å². The molecule has 0 atom stereocenters. The standard InChI is InChI=1S/C14H15F2IO6/c1-13(2,3)23-12(20)22-10-5-4-9(17)6-8(10)7-21-14(15,16)11(18)19/h4-6H,7H2,1-3H3,(H,18,19)/p-1. The van der Waals surface area contributed by atoms with Crippen LogP contribution in [0.25, 0.3) is 0 Å². The highest BCUT2D eigenvalue weighted by molar-refractivity contribution is 14.1. The molecule has 0 amide bonds. The molecule has 9 heteroatoms. The van der Waals surface area contributed by atoms with E-state index in [0.29, 0.717) is 3.57 Å². The van der Waals surface area contributed by atoms with Crippen molar-refractivity contribution in [3.05, 3.63) is 27.3 Å². The zero-order chi connectivity index (χ0) is 17.8. The summed E-state index contributed by atoms with van der Waals surface area (Å²) in [5.41, 5.74) is -0.734. The van der Waals surface area contributed by atoms with Gasteiger partial charge in [0.2, 0.25) is 0 Å². The number of rotatable bonds is 5. The Morgan fingerprint density at radius 3 is 2.39 bits per heavy atom. The summed E-state index contributed by atoms with van der Waals surface area (Å²) in [7, 11) is 0. The SMILES string of the molecule is CC(C)(C)OC(=O)Oc1ccc(I)cc1COC(F)(F)C(=O)[O-]. The quantitative estimate of drug-likeness (QED) is 0.395. The van der Waals surface area contributed by atoms with Crippen molar-refractivity contribution in [2.45, 2.75) is 39.1 Å². The van der Waals surface area contributed by atoms with Crippen LogP contribution in [0.4, 0.5) is 13.6 Å². The summed E-state index contributed by atoms with van der Waals surface area (Å²) in [6.45, 7) is 4.10. The predicted octanol–water partition coefficient (Wildman–Crippen LogP) is 2.46. The van der Waals surface area contributed by atoms with Crippen LogP contribution in [0.3, 0.4) is 0 Å². The maximum Gasteiger partial charge on any atom is 0.514 e. The number of hydrogen-bond acceptors (Lipinski definition) is 6. The van der Waals surface area contributed by atoms with Crippen molar-refractivity contribution in [3.63, 3.8) is 0 Å². The minimum absolute atomic E-state index is 0.0590. The fraction of sp³-hybridized carbons (Fsp3) is 0.429. The largest absolute Gasteiger partial charge is 0.542 e. The molecule has 0 heterocycles. The minimum Gasteiger partial charge on any atom is -0.542 e. The third kappa shape index (κ3) is 6.65. The molecule has 6 nitrogen and oxygen atoms in total. The predicted molar refractivity (Wildman–Crippen MR) is 80.8 cm³/mol. The van der Waals surface area contributed by atoms with Crippen molar-refractivity contribution in [1.29, 1.82) is 0 Å². The summed E-state index contributed by atoms with van der Waals surface area (Å²) in [5.74, 6) is -2.73. The topological polar surface area (TPSA) is 84.9 Å². The lowest BCUT2D eigenvalue weighted by atomic mass is 10.2. The number of aliphatic carboxylic acids is 1. The van der Waals surface area contributed by atoms with Crippen LogP contribution < -0.4 is 9.84 Å². The van der Waals surface area contributed by atoms with Crippen LogP contribution in [0.1, 0.15) is 26.3 Å². The Morgan fingerprint density at radius 1 is 1.26 bits per heavy atom. The van der Waals surface area contributed by atoms with Gasteiger partial charge in [-0.3, -0.25) is 0 Å². The number of carbonyl (C=O) groups excluding carboxylic acids is 2. The molecule has 0 aromatic heterocycles. The second-order valence-electron chi connectivity index (χ2n) is 5.41. The minimum atomic E-state index is -4.45. The van der Waals surface area contributed by atoms with E-state index in [0.717, 1.165) is 0 Å². The maximum atomic E-state index is 12.9. The maximum absolute atomic E-state index is 12.9. The Balaban J connectivity index is 2.89. The van der Waals surface area contributed by atoms with Crippen molar-refractivity contribution >= 4 is 34.7 Å². The molecule has 0 fully saturated rings. The molecule has 1 aromatic carbocycles. The van der Waals surface area contributed by atoms with E-state index in [9.17, 15) is 23.5 Å². The number of carboxylic acid groups (broad SMARTS) is 1. The molecule has 0 bridgehead atoms. The van der Waals surface area contributed by atoms with E-state index in [1.165, 1.54) is 12.1 Å². The molecular formula is C14H14F2IO6-. The molecule has 0 aliphatic rings. The van der Waals surface area contributed by atoms with Crippen LogP contribution in [0.2, 0.25) is 0 Å². The number of halogens is 3. The summed E-state index contributed by atoms with van der Waals surface area (Å²) in [6, 6.07) is 4.34. The van der Waals surface area contributed by atoms with E-state index in [1.54, 1.807) is 26.8 Å². The smallest absolute Gasteiger partial charge is 0.514 e. The first-order chi connectivity index (χ1) is 10.4. The number of ether oxygens (including phenoxy) is 3. The summed E-state index contributed by atoms with van der Waals surface area (Å²) >= 11 is 1.91. The third-order valence-electron chi connectivity index (χ3n) is 2.25. The highest BCUT2D eigenvalue weighted by atomic mass is 127. The van der Waals surface area contributed by atoms with Crippen LogP contribution in [0.15, 0.2) is 18.2 Å². The number of carbonyl (C=O) groups is 2. The summed E-state index contributed by atoms with van der Waals surface area (Å²) in [4.78, 5) is 21.9.